The van der Waals surface area contributed by atoms with Crippen LogP contribution in [0, 0.1) is 0 Å². The van der Waals surface area contributed by atoms with Gasteiger partial charge in [-0.3, -0.25) is 14.0 Å². The number of carbonyl (C=O) groups excluding carboxylic acids is 2. The van der Waals surface area contributed by atoms with Gasteiger partial charge < -0.3 is 0 Å². The molecule has 5 heteroatoms. The van der Waals surface area contributed by atoms with Crippen molar-refractivity contribution < 1.29 is 9.59 Å². The standard InChI is InChI=1S/C11H11N3O2/c1-8(15)14(9(2)16)11-7-12-10-5-3-4-6-13(10)11/h3-7H,1-2H3. The number of fused-ring (bicyclic) bond motifs is 1. The summed E-state index contributed by atoms with van der Waals surface area (Å²) < 4.78 is 1.70. The molecular formula is C11H11N3O2. The highest BCUT2D eigenvalue weighted by molar-refractivity contribution is 6.12. The first-order valence-corrected chi connectivity index (χ1v) is 4.84. The van der Waals surface area contributed by atoms with Crippen molar-refractivity contribution in [2.24, 2.45) is 0 Å². The maximum Gasteiger partial charge on any atom is 0.231 e. The van der Waals surface area contributed by atoms with Gasteiger partial charge >= 0.3 is 0 Å². The minimum absolute atomic E-state index is 0.321. The monoisotopic (exact) mass is 217 g/mol. The fourth-order valence-corrected chi connectivity index (χ4v) is 1.63. The second kappa shape index (κ2) is 3.77. The maximum atomic E-state index is 11.4. The van der Waals surface area contributed by atoms with Crippen LogP contribution in [0.15, 0.2) is 30.6 Å². The lowest BCUT2D eigenvalue weighted by atomic mass is 10.4. The van der Waals surface area contributed by atoms with Gasteiger partial charge in [-0.05, 0) is 12.1 Å². The number of rotatable bonds is 1. The van der Waals surface area contributed by atoms with Gasteiger partial charge in [0.25, 0.3) is 0 Å². The third-order valence-corrected chi connectivity index (χ3v) is 2.26. The first-order valence-electron chi connectivity index (χ1n) is 4.84. The van der Waals surface area contributed by atoms with Crippen LogP contribution < -0.4 is 4.90 Å². The molecule has 0 fully saturated rings. The zero-order valence-corrected chi connectivity index (χ0v) is 9.04. The Morgan fingerprint density at radius 3 is 2.56 bits per heavy atom. The molecule has 0 aromatic carbocycles. The molecule has 0 saturated carbocycles. The number of amides is 2. The Hall–Kier alpha value is -2.17. The predicted octanol–water partition coefficient (Wildman–Crippen LogP) is 1.23. The molecule has 2 rings (SSSR count). The molecule has 0 bridgehead atoms. The van der Waals surface area contributed by atoms with Crippen LogP contribution in [0.3, 0.4) is 0 Å². The van der Waals surface area contributed by atoms with Crippen LogP contribution in [-0.4, -0.2) is 21.2 Å². The number of aromatic nitrogens is 2. The Kier molecular flexibility index (Phi) is 2.44. The molecule has 5 nitrogen and oxygen atoms in total. The first-order chi connectivity index (χ1) is 7.61. The van der Waals surface area contributed by atoms with Gasteiger partial charge in [0.2, 0.25) is 11.8 Å². The van der Waals surface area contributed by atoms with Gasteiger partial charge in [-0.1, -0.05) is 6.07 Å². The number of imidazole rings is 1. The number of pyridine rings is 1. The fraction of sp³-hybridized carbons (Fsp3) is 0.182. The van der Waals surface area contributed by atoms with Crippen molar-refractivity contribution in [3.05, 3.63) is 30.6 Å². The minimum atomic E-state index is -0.321. The van der Waals surface area contributed by atoms with Crippen LogP contribution in [0.4, 0.5) is 5.82 Å². The van der Waals surface area contributed by atoms with Crippen molar-refractivity contribution in [1.29, 1.82) is 0 Å². The smallest absolute Gasteiger partial charge is 0.231 e. The van der Waals surface area contributed by atoms with Gasteiger partial charge in [0.15, 0.2) is 0 Å². The van der Waals surface area contributed by atoms with E-state index >= 15 is 0 Å². The Bertz CT molecular complexity index is 545. The van der Waals surface area contributed by atoms with Crippen molar-refractivity contribution in [3.63, 3.8) is 0 Å². The summed E-state index contributed by atoms with van der Waals surface area (Å²) >= 11 is 0. The summed E-state index contributed by atoms with van der Waals surface area (Å²) in [6.45, 7) is 2.70. The van der Waals surface area contributed by atoms with Gasteiger partial charge in [0, 0.05) is 20.0 Å². The zero-order chi connectivity index (χ0) is 11.7. The van der Waals surface area contributed by atoms with E-state index in [0.29, 0.717) is 11.5 Å². The lowest BCUT2D eigenvalue weighted by Crippen LogP contribution is -2.33. The number of imide groups is 1. The summed E-state index contributed by atoms with van der Waals surface area (Å²) in [6.07, 6.45) is 3.27. The summed E-state index contributed by atoms with van der Waals surface area (Å²) in [4.78, 5) is 28.0. The second-order valence-corrected chi connectivity index (χ2v) is 3.42. The lowest BCUT2D eigenvalue weighted by Gasteiger charge is -2.15. The molecule has 16 heavy (non-hydrogen) atoms. The molecular weight excluding hydrogens is 206 g/mol. The molecule has 0 radical (unpaired) electrons. The fourth-order valence-electron chi connectivity index (χ4n) is 1.63. The highest BCUT2D eigenvalue weighted by atomic mass is 16.2. The van der Waals surface area contributed by atoms with Gasteiger partial charge in [-0.2, -0.15) is 0 Å². The summed E-state index contributed by atoms with van der Waals surface area (Å²) in [5.74, 6) is -0.174. The van der Waals surface area contributed by atoms with Crippen LogP contribution in [0.1, 0.15) is 13.8 Å². The van der Waals surface area contributed by atoms with E-state index in [1.807, 2.05) is 18.2 Å². The van der Waals surface area contributed by atoms with Crippen LogP contribution in [0.2, 0.25) is 0 Å². The third kappa shape index (κ3) is 1.56. The molecule has 2 amide bonds. The molecule has 0 saturated heterocycles. The van der Waals surface area contributed by atoms with E-state index in [2.05, 4.69) is 4.98 Å². The lowest BCUT2D eigenvalue weighted by molar-refractivity contribution is -0.124. The second-order valence-electron chi connectivity index (χ2n) is 3.42. The van der Waals surface area contributed by atoms with E-state index in [0.717, 1.165) is 4.90 Å². The van der Waals surface area contributed by atoms with E-state index in [9.17, 15) is 9.59 Å². The number of nitrogens with zero attached hydrogens (tertiary/aromatic N) is 3. The van der Waals surface area contributed by atoms with E-state index < -0.39 is 0 Å². The van der Waals surface area contributed by atoms with E-state index in [1.54, 1.807) is 10.6 Å². The van der Waals surface area contributed by atoms with Gasteiger partial charge in [-0.15, -0.1) is 0 Å². The average Bonchev–Trinajstić information content (AvgIpc) is 2.61. The van der Waals surface area contributed by atoms with Crippen molar-refractivity contribution in [2.75, 3.05) is 4.90 Å². The summed E-state index contributed by atoms with van der Waals surface area (Å²) in [5.41, 5.74) is 0.699. The van der Waals surface area contributed by atoms with Gasteiger partial charge in [-0.25, -0.2) is 9.88 Å². The summed E-state index contributed by atoms with van der Waals surface area (Å²) in [7, 11) is 0. The van der Waals surface area contributed by atoms with E-state index in [4.69, 9.17) is 0 Å². The van der Waals surface area contributed by atoms with Crippen molar-refractivity contribution in [2.45, 2.75) is 13.8 Å². The van der Waals surface area contributed by atoms with Crippen LogP contribution in [0.5, 0.6) is 0 Å². The topological polar surface area (TPSA) is 54.7 Å². The van der Waals surface area contributed by atoms with Crippen molar-refractivity contribution >= 4 is 23.3 Å². The zero-order valence-electron chi connectivity index (χ0n) is 9.04. The Labute approximate surface area is 92.3 Å². The van der Waals surface area contributed by atoms with Crippen LogP contribution >= 0.6 is 0 Å². The number of carbonyl (C=O) groups is 2. The van der Waals surface area contributed by atoms with Gasteiger partial charge in [0.1, 0.15) is 11.5 Å². The largest absolute Gasteiger partial charge is 0.286 e. The van der Waals surface area contributed by atoms with Crippen LogP contribution in [-0.2, 0) is 9.59 Å². The summed E-state index contributed by atoms with van der Waals surface area (Å²) in [5, 5.41) is 0. The minimum Gasteiger partial charge on any atom is -0.286 e. The highest BCUT2D eigenvalue weighted by Crippen LogP contribution is 2.16. The number of anilines is 1. The third-order valence-electron chi connectivity index (χ3n) is 2.26. The predicted molar refractivity (Wildman–Crippen MR) is 59.0 cm³/mol. The van der Waals surface area contributed by atoms with Crippen molar-refractivity contribution in [1.82, 2.24) is 9.38 Å². The van der Waals surface area contributed by atoms with Crippen LogP contribution in [0.25, 0.3) is 5.65 Å². The highest BCUT2D eigenvalue weighted by Gasteiger charge is 2.19. The Morgan fingerprint density at radius 2 is 1.94 bits per heavy atom. The normalized spacial score (nSPS) is 10.4. The maximum absolute atomic E-state index is 11.4. The summed E-state index contributed by atoms with van der Waals surface area (Å²) in [6, 6.07) is 5.47. The number of hydrogen-bond acceptors (Lipinski definition) is 3. The quantitative estimate of drug-likeness (QED) is 0.722. The molecule has 0 atom stereocenters. The van der Waals surface area contributed by atoms with Crippen molar-refractivity contribution in [3.8, 4) is 0 Å². The molecule has 0 spiro atoms. The molecule has 2 aromatic rings. The van der Waals surface area contributed by atoms with Gasteiger partial charge in [0.05, 0.1) is 6.20 Å². The Morgan fingerprint density at radius 1 is 1.25 bits per heavy atom. The molecule has 0 unspecified atom stereocenters. The molecule has 82 valence electrons. The molecule has 2 aromatic heterocycles. The average molecular weight is 217 g/mol. The molecule has 0 aliphatic carbocycles. The Balaban J connectivity index is 2.61. The van der Waals surface area contributed by atoms with E-state index in [1.165, 1.54) is 20.0 Å². The molecule has 0 aliphatic rings. The first kappa shape index (κ1) is 10.4. The number of hydrogen-bond donors (Lipinski definition) is 0. The SMILES string of the molecule is CC(=O)N(C(C)=O)c1cnc2ccccn12. The molecule has 0 N–H and O–H groups in total. The van der Waals surface area contributed by atoms with E-state index in [-0.39, 0.29) is 11.8 Å². The molecule has 2 heterocycles. The molecule has 0 aliphatic heterocycles.